The Morgan fingerprint density at radius 2 is 2.29 bits per heavy atom. The Hall–Kier alpha value is -1.69. The van der Waals surface area contributed by atoms with Gasteiger partial charge in [-0.1, -0.05) is 0 Å². The molecule has 0 atom stereocenters. The molecule has 0 fully saturated rings. The first kappa shape index (κ1) is 10.4. The quantitative estimate of drug-likeness (QED) is 0.686. The first-order valence-electron chi connectivity index (χ1n) is 3.87. The maximum atomic E-state index is 11.2. The average molecular weight is 197 g/mol. The summed E-state index contributed by atoms with van der Waals surface area (Å²) in [6, 6.07) is 0. The zero-order valence-electron chi connectivity index (χ0n) is 7.98. The molecule has 1 rings (SSSR count). The summed E-state index contributed by atoms with van der Waals surface area (Å²) in [4.78, 5) is 18.8. The Bertz CT molecular complexity index is 341. The van der Waals surface area contributed by atoms with Gasteiger partial charge in [0, 0.05) is 13.3 Å². The highest BCUT2D eigenvalue weighted by molar-refractivity contribution is 5.90. The fourth-order valence-electron chi connectivity index (χ4n) is 0.960. The van der Waals surface area contributed by atoms with Crippen LogP contribution in [0, 0.1) is 0 Å². The number of carbonyl (C=O) groups excluding carboxylic acids is 1. The van der Waals surface area contributed by atoms with E-state index in [9.17, 15) is 4.79 Å². The van der Waals surface area contributed by atoms with Crippen LogP contribution in [0.25, 0.3) is 0 Å². The number of nitrogen functional groups attached to an aromatic ring is 1. The maximum Gasteiger partial charge on any atom is 0.341 e. The first-order chi connectivity index (χ1) is 6.69. The minimum Gasteiger partial charge on any atom is -0.465 e. The third kappa shape index (κ3) is 2.17. The number of rotatable bonds is 3. The van der Waals surface area contributed by atoms with Gasteiger partial charge in [0.15, 0.2) is 0 Å². The Morgan fingerprint density at radius 3 is 2.86 bits per heavy atom. The van der Waals surface area contributed by atoms with Crippen molar-refractivity contribution in [1.29, 1.82) is 0 Å². The molecule has 0 saturated heterocycles. The summed E-state index contributed by atoms with van der Waals surface area (Å²) in [6.45, 7) is 0.192. The summed E-state index contributed by atoms with van der Waals surface area (Å²) in [7, 11) is 2.79. The van der Waals surface area contributed by atoms with Crippen LogP contribution in [0.3, 0.4) is 0 Å². The maximum absolute atomic E-state index is 11.2. The van der Waals surface area contributed by atoms with E-state index in [1.807, 2.05) is 0 Å². The Morgan fingerprint density at radius 1 is 1.57 bits per heavy atom. The van der Waals surface area contributed by atoms with E-state index in [2.05, 4.69) is 14.7 Å². The van der Waals surface area contributed by atoms with Crippen molar-refractivity contribution in [1.82, 2.24) is 9.97 Å². The van der Waals surface area contributed by atoms with Gasteiger partial charge in [0.2, 0.25) is 5.95 Å². The van der Waals surface area contributed by atoms with Crippen molar-refractivity contribution in [2.45, 2.75) is 6.61 Å². The highest BCUT2D eigenvalue weighted by atomic mass is 16.5. The number of carbonyl (C=O) groups is 1. The number of ether oxygens (including phenoxy) is 2. The molecule has 1 aromatic rings. The lowest BCUT2D eigenvalue weighted by Crippen LogP contribution is -2.11. The monoisotopic (exact) mass is 197 g/mol. The zero-order chi connectivity index (χ0) is 10.6. The predicted molar refractivity (Wildman–Crippen MR) is 48.5 cm³/mol. The first-order valence-corrected chi connectivity index (χ1v) is 3.87. The van der Waals surface area contributed by atoms with Crippen LogP contribution in [0.4, 0.5) is 5.95 Å². The van der Waals surface area contributed by atoms with E-state index in [0.29, 0.717) is 5.69 Å². The van der Waals surface area contributed by atoms with Crippen molar-refractivity contribution >= 4 is 11.9 Å². The molecule has 14 heavy (non-hydrogen) atoms. The molecule has 76 valence electrons. The van der Waals surface area contributed by atoms with Gasteiger partial charge in [-0.05, 0) is 0 Å². The minimum absolute atomic E-state index is 0.102. The summed E-state index contributed by atoms with van der Waals surface area (Å²) in [6.07, 6.45) is 1.32. The highest BCUT2D eigenvalue weighted by Gasteiger charge is 2.13. The number of hydrogen-bond donors (Lipinski definition) is 1. The smallest absolute Gasteiger partial charge is 0.341 e. The number of nitrogens with two attached hydrogens (primary N) is 1. The Labute approximate surface area is 81.1 Å². The number of hydrogen-bond acceptors (Lipinski definition) is 6. The van der Waals surface area contributed by atoms with Crippen molar-refractivity contribution in [2.24, 2.45) is 0 Å². The lowest BCUT2D eigenvalue weighted by atomic mass is 10.2. The van der Waals surface area contributed by atoms with Crippen molar-refractivity contribution < 1.29 is 14.3 Å². The molecule has 1 aromatic heterocycles. The van der Waals surface area contributed by atoms with E-state index < -0.39 is 5.97 Å². The minimum atomic E-state index is -0.503. The molecule has 6 heteroatoms. The summed E-state index contributed by atoms with van der Waals surface area (Å²) in [5.41, 5.74) is 6.06. The van der Waals surface area contributed by atoms with E-state index in [1.165, 1.54) is 20.4 Å². The molecule has 0 aromatic carbocycles. The third-order valence-electron chi connectivity index (χ3n) is 1.57. The number of esters is 1. The number of nitrogens with zero attached hydrogens (tertiary/aromatic N) is 2. The SMILES string of the molecule is COCc1nc(N)ncc1C(=O)OC. The van der Waals surface area contributed by atoms with Crippen molar-refractivity contribution in [3.05, 3.63) is 17.5 Å². The molecule has 0 spiro atoms. The van der Waals surface area contributed by atoms with Crippen LogP contribution < -0.4 is 5.73 Å². The van der Waals surface area contributed by atoms with Gasteiger partial charge in [-0.25, -0.2) is 14.8 Å². The van der Waals surface area contributed by atoms with Gasteiger partial charge in [0.05, 0.1) is 19.4 Å². The number of anilines is 1. The van der Waals surface area contributed by atoms with Gasteiger partial charge in [-0.15, -0.1) is 0 Å². The molecule has 0 saturated carbocycles. The van der Waals surface area contributed by atoms with Gasteiger partial charge in [-0.2, -0.15) is 0 Å². The van der Waals surface area contributed by atoms with Crippen LogP contribution in [0.1, 0.15) is 16.1 Å². The molecule has 0 aliphatic heterocycles. The zero-order valence-corrected chi connectivity index (χ0v) is 7.98. The average Bonchev–Trinajstić information content (AvgIpc) is 2.17. The van der Waals surface area contributed by atoms with Gasteiger partial charge >= 0.3 is 5.97 Å². The molecule has 0 bridgehead atoms. The standard InChI is InChI=1S/C8H11N3O3/c1-13-4-6-5(7(12)14-2)3-10-8(9)11-6/h3H,4H2,1-2H3,(H2,9,10,11). The molecule has 2 N–H and O–H groups in total. The van der Waals surface area contributed by atoms with Crippen LogP contribution in [-0.4, -0.2) is 30.2 Å². The Kier molecular flexibility index (Phi) is 3.35. The fourth-order valence-corrected chi connectivity index (χ4v) is 0.960. The molecule has 0 aliphatic carbocycles. The van der Waals surface area contributed by atoms with Gasteiger partial charge in [-0.3, -0.25) is 0 Å². The van der Waals surface area contributed by atoms with E-state index in [1.54, 1.807) is 0 Å². The lowest BCUT2D eigenvalue weighted by Gasteiger charge is -2.05. The van der Waals surface area contributed by atoms with Gasteiger partial charge < -0.3 is 15.2 Å². The lowest BCUT2D eigenvalue weighted by molar-refractivity contribution is 0.0594. The molecular weight excluding hydrogens is 186 g/mol. The van der Waals surface area contributed by atoms with Crippen LogP contribution in [0.2, 0.25) is 0 Å². The molecular formula is C8H11N3O3. The molecule has 6 nitrogen and oxygen atoms in total. The van der Waals surface area contributed by atoms with Crippen LogP contribution in [0.5, 0.6) is 0 Å². The summed E-state index contributed by atoms with van der Waals surface area (Å²) in [5, 5.41) is 0. The largest absolute Gasteiger partial charge is 0.465 e. The van der Waals surface area contributed by atoms with Gasteiger partial charge in [0.1, 0.15) is 5.56 Å². The number of methoxy groups -OCH3 is 2. The highest BCUT2D eigenvalue weighted by Crippen LogP contribution is 2.08. The van der Waals surface area contributed by atoms with Crippen LogP contribution in [-0.2, 0) is 16.1 Å². The van der Waals surface area contributed by atoms with Crippen molar-refractivity contribution in [2.75, 3.05) is 20.0 Å². The molecule has 0 radical (unpaired) electrons. The molecule has 0 unspecified atom stereocenters. The normalized spacial score (nSPS) is 9.86. The number of aromatic nitrogens is 2. The molecule has 1 heterocycles. The van der Waals surface area contributed by atoms with Gasteiger partial charge in [0.25, 0.3) is 0 Å². The predicted octanol–water partition coefficient (Wildman–Crippen LogP) is -0.00820. The summed E-state index contributed by atoms with van der Waals surface area (Å²) < 4.78 is 9.41. The third-order valence-corrected chi connectivity index (χ3v) is 1.57. The molecule has 0 amide bonds. The van der Waals surface area contributed by atoms with Crippen molar-refractivity contribution in [3.63, 3.8) is 0 Å². The molecule has 0 aliphatic rings. The second-order valence-electron chi connectivity index (χ2n) is 2.51. The van der Waals surface area contributed by atoms with Crippen molar-refractivity contribution in [3.8, 4) is 0 Å². The summed E-state index contributed by atoms with van der Waals surface area (Å²) >= 11 is 0. The van der Waals surface area contributed by atoms with Crippen LogP contribution >= 0.6 is 0 Å². The topological polar surface area (TPSA) is 87.3 Å². The Balaban J connectivity index is 3.07. The second-order valence-corrected chi connectivity index (χ2v) is 2.51. The fraction of sp³-hybridized carbons (Fsp3) is 0.375. The van der Waals surface area contributed by atoms with E-state index in [4.69, 9.17) is 10.5 Å². The van der Waals surface area contributed by atoms with E-state index >= 15 is 0 Å². The second kappa shape index (κ2) is 4.52. The summed E-state index contributed by atoms with van der Waals surface area (Å²) in [5.74, 6) is -0.401. The van der Waals surface area contributed by atoms with Crippen LogP contribution in [0.15, 0.2) is 6.20 Å². The van der Waals surface area contributed by atoms with E-state index in [0.717, 1.165) is 0 Å². The van der Waals surface area contributed by atoms with E-state index in [-0.39, 0.29) is 18.1 Å².